The number of halogens is 3. The van der Waals surface area contributed by atoms with Crippen LogP contribution in [0.3, 0.4) is 0 Å². The molecule has 0 aliphatic rings. The van der Waals surface area contributed by atoms with Crippen LogP contribution in [0, 0.1) is 5.92 Å². The highest BCUT2D eigenvalue weighted by Crippen LogP contribution is 2.34. The molecule has 1 rings (SSSR count). The summed E-state index contributed by atoms with van der Waals surface area (Å²) < 4.78 is 37.4. The first kappa shape index (κ1) is 16.0. The van der Waals surface area contributed by atoms with Crippen molar-refractivity contribution in [3.63, 3.8) is 0 Å². The van der Waals surface area contributed by atoms with E-state index in [1.807, 2.05) is 6.92 Å². The van der Waals surface area contributed by atoms with Gasteiger partial charge in [-0.1, -0.05) is 26.0 Å². The standard InChI is InChI=1S/C14H20F3NO/c1-4-12(18)9(2)13(3,19)10-5-7-11(8-6-10)14(15,16)17/h5-9,12,19H,4,18H2,1-3H3/t9?,12-,13+/m0/s1. The third-order valence-corrected chi connectivity index (χ3v) is 3.80. The van der Waals surface area contributed by atoms with Crippen molar-refractivity contribution in [1.82, 2.24) is 0 Å². The molecular formula is C14H20F3NO. The Hall–Kier alpha value is -1.07. The lowest BCUT2D eigenvalue weighted by Crippen LogP contribution is -2.41. The molecule has 0 aliphatic heterocycles. The number of benzene rings is 1. The number of nitrogens with two attached hydrogens (primary N) is 1. The predicted molar refractivity (Wildman–Crippen MR) is 68.4 cm³/mol. The lowest BCUT2D eigenvalue weighted by molar-refractivity contribution is -0.137. The molecule has 0 spiro atoms. The molecule has 0 fully saturated rings. The third kappa shape index (κ3) is 3.48. The molecule has 108 valence electrons. The highest BCUT2D eigenvalue weighted by Gasteiger charge is 2.35. The molecule has 1 unspecified atom stereocenters. The second kappa shape index (κ2) is 5.51. The Morgan fingerprint density at radius 2 is 1.58 bits per heavy atom. The second-order valence-corrected chi connectivity index (χ2v) is 5.08. The van der Waals surface area contributed by atoms with E-state index in [-0.39, 0.29) is 12.0 Å². The Bertz CT molecular complexity index is 412. The Morgan fingerprint density at radius 1 is 1.16 bits per heavy atom. The first-order chi connectivity index (χ1) is 8.60. The SMILES string of the molecule is CC[C@H](N)C(C)[C@@](C)(O)c1ccc(C(F)(F)F)cc1. The van der Waals surface area contributed by atoms with Crippen LogP contribution in [-0.2, 0) is 11.8 Å². The van der Waals surface area contributed by atoms with Gasteiger partial charge in [-0.2, -0.15) is 13.2 Å². The molecule has 1 aromatic carbocycles. The fourth-order valence-corrected chi connectivity index (χ4v) is 2.03. The number of hydrogen-bond donors (Lipinski definition) is 2. The lowest BCUT2D eigenvalue weighted by atomic mass is 9.79. The van der Waals surface area contributed by atoms with E-state index in [0.717, 1.165) is 12.1 Å². The Balaban J connectivity index is 3.03. The van der Waals surface area contributed by atoms with Gasteiger partial charge in [-0.05, 0) is 31.0 Å². The number of hydrogen-bond acceptors (Lipinski definition) is 2. The van der Waals surface area contributed by atoms with E-state index in [2.05, 4.69) is 0 Å². The van der Waals surface area contributed by atoms with E-state index in [1.165, 1.54) is 12.1 Å². The van der Waals surface area contributed by atoms with Gasteiger partial charge in [0.05, 0.1) is 11.2 Å². The van der Waals surface area contributed by atoms with Crippen LogP contribution in [0.1, 0.15) is 38.3 Å². The van der Waals surface area contributed by atoms with Crippen LogP contribution in [0.25, 0.3) is 0 Å². The van der Waals surface area contributed by atoms with Gasteiger partial charge in [-0.15, -0.1) is 0 Å². The average Bonchev–Trinajstić information content (AvgIpc) is 2.36. The van der Waals surface area contributed by atoms with Gasteiger partial charge < -0.3 is 10.8 Å². The van der Waals surface area contributed by atoms with Crippen molar-refractivity contribution in [3.8, 4) is 0 Å². The molecule has 3 atom stereocenters. The van der Waals surface area contributed by atoms with Crippen molar-refractivity contribution in [2.75, 3.05) is 0 Å². The first-order valence-corrected chi connectivity index (χ1v) is 6.26. The third-order valence-electron chi connectivity index (χ3n) is 3.80. The zero-order valence-corrected chi connectivity index (χ0v) is 11.3. The molecule has 0 aliphatic carbocycles. The van der Waals surface area contributed by atoms with Crippen LogP contribution in [0.2, 0.25) is 0 Å². The molecular weight excluding hydrogens is 255 g/mol. The van der Waals surface area contributed by atoms with Crippen LogP contribution in [-0.4, -0.2) is 11.1 Å². The quantitative estimate of drug-likeness (QED) is 0.885. The Labute approximate surface area is 111 Å². The molecule has 0 amide bonds. The van der Waals surface area contributed by atoms with Gasteiger partial charge in [-0.25, -0.2) is 0 Å². The topological polar surface area (TPSA) is 46.2 Å². The minimum atomic E-state index is -4.37. The molecule has 0 saturated carbocycles. The maximum Gasteiger partial charge on any atom is 0.416 e. The van der Waals surface area contributed by atoms with Gasteiger partial charge in [0.15, 0.2) is 0 Å². The summed E-state index contributed by atoms with van der Waals surface area (Å²) in [5.41, 5.74) is 4.37. The van der Waals surface area contributed by atoms with E-state index in [4.69, 9.17) is 5.73 Å². The maximum atomic E-state index is 12.5. The normalized spacial score (nSPS) is 18.7. The molecule has 3 N–H and O–H groups in total. The van der Waals surface area contributed by atoms with Gasteiger partial charge >= 0.3 is 6.18 Å². The van der Waals surface area contributed by atoms with E-state index in [0.29, 0.717) is 12.0 Å². The smallest absolute Gasteiger partial charge is 0.385 e. The predicted octanol–water partition coefficient (Wildman–Crippen LogP) is 3.29. The van der Waals surface area contributed by atoms with Crippen molar-refractivity contribution >= 4 is 0 Å². The zero-order chi connectivity index (χ0) is 14.8. The summed E-state index contributed by atoms with van der Waals surface area (Å²) in [6.45, 7) is 5.28. The lowest BCUT2D eigenvalue weighted by Gasteiger charge is -2.34. The zero-order valence-electron chi connectivity index (χ0n) is 11.3. The monoisotopic (exact) mass is 275 g/mol. The van der Waals surface area contributed by atoms with Gasteiger partial charge in [-0.3, -0.25) is 0 Å². The summed E-state index contributed by atoms with van der Waals surface area (Å²) in [5, 5.41) is 10.5. The summed E-state index contributed by atoms with van der Waals surface area (Å²) >= 11 is 0. The van der Waals surface area contributed by atoms with E-state index in [9.17, 15) is 18.3 Å². The maximum absolute atomic E-state index is 12.5. The summed E-state index contributed by atoms with van der Waals surface area (Å²) in [5.74, 6) is -0.255. The van der Waals surface area contributed by atoms with Crippen LogP contribution in [0.5, 0.6) is 0 Å². The van der Waals surface area contributed by atoms with Crippen LogP contribution >= 0.6 is 0 Å². The van der Waals surface area contributed by atoms with Crippen LogP contribution in [0.4, 0.5) is 13.2 Å². The van der Waals surface area contributed by atoms with Gasteiger partial charge in [0.2, 0.25) is 0 Å². The van der Waals surface area contributed by atoms with Crippen molar-refractivity contribution in [1.29, 1.82) is 0 Å². The summed E-state index contributed by atoms with van der Waals surface area (Å²) in [6, 6.07) is 4.36. The molecule has 0 aromatic heterocycles. The van der Waals surface area contributed by atoms with Crippen LogP contribution < -0.4 is 5.73 Å². The van der Waals surface area contributed by atoms with Crippen molar-refractivity contribution in [2.45, 2.75) is 45.0 Å². The van der Waals surface area contributed by atoms with Crippen LogP contribution in [0.15, 0.2) is 24.3 Å². The highest BCUT2D eigenvalue weighted by atomic mass is 19.4. The van der Waals surface area contributed by atoms with E-state index < -0.39 is 17.3 Å². The Morgan fingerprint density at radius 3 is 1.95 bits per heavy atom. The molecule has 0 bridgehead atoms. The molecule has 0 radical (unpaired) electrons. The Kier molecular flexibility index (Phi) is 4.63. The molecule has 0 heterocycles. The van der Waals surface area contributed by atoms with E-state index >= 15 is 0 Å². The molecule has 19 heavy (non-hydrogen) atoms. The molecule has 5 heteroatoms. The van der Waals surface area contributed by atoms with Gasteiger partial charge in [0.25, 0.3) is 0 Å². The fourth-order valence-electron chi connectivity index (χ4n) is 2.03. The van der Waals surface area contributed by atoms with Crippen molar-refractivity contribution < 1.29 is 18.3 Å². The van der Waals surface area contributed by atoms with Gasteiger partial charge in [0.1, 0.15) is 0 Å². The molecule has 0 saturated heterocycles. The highest BCUT2D eigenvalue weighted by molar-refractivity contribution is 5.29. The van der Waals surface area contributed by atoms with Gasteiger partial charge in [0, 0.05) is 12.0 Å². The molecule has 2 nitrogen and oxygen atoms in total. The minimum Gasteiger partial charge on any atom is -0.385 e. The number of aliphatic hydroxyl groups is 1. The fraction of sp³-hybridized carbons (Fsp3) is 0.571. The van der Waals surface area contributed by atoms with Crippen molar-refractivity contribution in [2.24, 2.45) is 11.7 Å². The summed E-state index contributed by atoms with van der Waals surface area (Å²) in [6.07, 6.45) is -3.67. The number of rotatable bonds is 4. The molecule has 1 aromatic rings. The summed E-state index contributed by atoms with van der Waals surface area (Å²) in [7, 11) is 0. The first-order valence-electron chi connectivity index (χ1n) is 6.26. The summed E-state index contributed by atoms with van der Waals surface area (Å²) in [4.78, 5) is 0. The average molecular weight is 275 g/mol. The minimum absolute atomic E-state index is 0.211. The second-order valence-electron chi connectivity index (χ2n) is 5.08. The largest absolute Gasteiger partial charge is 0.416 e. The van der Waals surface area contributed by atoms with Crippen molar-refractivity contribution in [3.05, 3.63) is 35.4 Å². The van der Waals surface area contributed by atoms with E-state index in [1.54, 1.807) is 13.8 Å². The number of alkyl halides is 3.